The molecule has 0 spiro atoms. The van der Waals surface area contributed by atoms with Crippen LogP contribution in [0.4, 0.5) is 0 Å². The monoisotopic (exact) mass is 579 g/mol. The van der Waals surface area contributed by atoms with Crippen LogP contribution in [0.3, 0.4) is 0 Å². The predicted octanol–water partition coefficient (Wildman–Crippen LogP) is 8.86. The number of fused-ring (bicyclic) bond motifs is 8. The third-order valence-corrected chi connectivity index (χ3v) is 12.9. The van der Waals surface area contributed by atoms with Crippen LogP contribution >= 0.6 is 0 Å². The first-order valence-corrected chi connectivity index (χ1v) is 18.2. The molecule has 0 N–H and O–H groups in total. The van der Waals surface area contributed by atoms with E-state index >= 15 is 0 Å². The highest BCUT2D eigenvalue weighted by molar-refractivity contribution is 7.05. The van der Waals surface area contributed by atoms with Gasteiger partial charge in [-0.25, -0.2) is 9.97 Å². The van der Waals surface area contributed by atoms with Crippen molar-refractivity contribution in [1.82, 2.24) is 14.5 Å². The summed E-state index contributed by atoms with van der Waals surface area (Å²) >= 11 is 0. The van der Waals surface area contributed by atoms with E-state index in [1.807, 2.05) is 0 Å². The van der Waals surface area contributed by atoms with Crippen LogP contribution in [-0.4, -0.2) is 22.6 Å². The number of hydrogen-bond donors (Lipinski definition) is 0. The molecule has 6 aromatic carbocycles. The van der Waals surface area contributed by atoms with Gasteiger partial charge in [-0.3, -0.25) is 0 Å². The van der Waals surface area contributed by atoms with Crippen molar-refractivity contribution in [3.63, 3.8) is 0 Å². The van der Waals surface area contributed by atoms with E-state index in [0.29, 0.717) is 0 Å². The Labute approximate surface area is 257 Å². The topological polar surface area (TPSA) is 30.7 Å². The molecule has 9 rings (SSSR count). The van der Waals surface area contributed by atoms with Crippen LogP contribution in [0.15, 0.2) is 140 Å². The minimum atomic E-state index is -1.99. The quantitative estimate of drug-likeness (QED) is 0.196. The Balaban J connectivity index is 1.32. The van der Waals surface area contributed by atoms with Crippen molar-refractivity contribution in [2.45, 2.75) is 13.1 Å². The lowest BCUT2D eigenvalue weighted by Gasteiger charge is -2.22. The van der Waals surface area contributed by atoms with E-state index in [4.69, 9.17) is 9.97 Å². The second-order valence-electron chi connectivity index (χ2n) is 12.2. The number of rotatable bonds is 3. The zero-order valence-electron chi connectivity index (χ0n) is 24.6. The molecule has 44 heavy (non-hydrogen) atoms. The van der Waals surface area contributed by atoms with Gasteiger partial charge >= 0.3 is 0 Å². The zero-order chi connectivity index (χ0) is 29.4. The summed E-state index contributed by atoms with van der Waals surface area (Å²) in [5.74, 6) is 0.754. The lowest BCUT2D eigenvalue weighted by molar-refractivity contribution is 1.18. The number of hydrogen-bond acceptors (Lipinski definition) is 2. The third kappa shape index (κ3) is 3.55. The maximum atomic E-state index is 5.40. The summed E-state index contributed by atoms with van der Waals surface area (Å²) in [4.78, 5) is 10.7. The van der Waals surface area contributed by atoms with Crippen LogP contribution in [-0.2, 0) is 0 Å². The second-order valence-corrected chi connectivity index (χ2v) is 16.5. The minimum Gasteiger partial charge on any atom is -0.309 e. The van der Waals surface area contributed by atoms with Crippen molar-refractivity contribution in [1.29, 1.82) is 0 Å². The molecule has 1 aliphatic rings. The largest absolute Gasteiger partial charge is 0.309 e. The van der Waals surface area contributed by atoms with E-state index in [-0.39, 0.29) is 0 Å². The van der Waals surface area contributed by atoms with Gasteiger partial charge < -0.3 is 4.57 Å². The van der Waals surface area contributed by atoms with Gasteiger partial charge in [0.05, 0.1) is 22.2 Å². The Hall–Kier alpha value is -5.32. The zero-order valence-corrected chi connectivity index (χ0v) is 25.6. The summed E-state index contributed by atoms with van der Waals surface area (Å²) in [6, 6.07) is 50.0. The standard InChI is InChI=1S/C40H29N3Si/c1-44(2)36-20-12-10-18-30(36)31-22-23-33-37(39(31)44)38(26-13-5-3-6-14-26)42-40(41-33)27-21-24-35-32(25-27)29-17-9-11-19-34(29)43(35)28-15-7-4-8-16-28/h3-25H,1-2H3. The van der Waals surface area contributed by atoms with Crippen LogP contribution < -0.4 is 10.4 Å². The van der Waals surface area contributed by atoms with Gasteiger partial charge in [0.25, 0.3) is 0 Å². The van der Waals surface area contributed by atoms with Crippen molar-refractivity contribution in [2.75, 3.05) is 0 Å². The first-order valence-electron chi connectivity index (χ1n) is 15.2. The molecular formula is C40H29N3Si. The average Bonchev–Trinajstić information content (AvgIpc) is 3.53. The van der Waals surface area contributed by atoms with Crippen LogP contribution in [0.25, 0.3) is 72.2 Å². The summed E-state index contributed by atoms with van der Waals surface area (Å²) < 4.78 is 2.35. The molecule has 0 fully saturated rings. The molecule has 0 atom stereocenters. The molecular weight excluding hydrogens is 551 g/mol. The van der Waals surface area contributed by atoms with Crippen LogP contribution in [0.1, 0.15) is 0 Å². The summed E-state index contributed by atoms with van der Waals surface area (Å²) in [5.41, 5.74) is 10.4. The van der Waals surface area contributed by atoms with Crippen molar-refractivity contribution in [2.24, 2.45) is 0 Å². The molecule has 4 heteroatoms. The lowest BCUT2D eigenvalue weighted by Crippen LogP contribution is -2.49. The predicted molar refractivity (Wildman–Crippen MR) is 187 cm³/mol. The Kier molecular flexibility index (Phi) is 5.35. The van der Waals surface area contributed by atoms with Gasteiger partial charge in [0.2, 0.25) is 0 Å². The first kappa shape index (κ1) is 25.2. The van der Waals surface area contributed by atoms with Gasteiger partial charge in [0.1, 0.15) is 8.07 Å². The van der Waals surface area contributed by atoms with E-state index in [9.17, 15) is 0 Å². The fraction of sp³-hybridized carbons (Fsp3) is 0.0500. The molecule has 0 bridgehead atoms. The van der Waals surface area contributed by atoms with Crippen molar-refractivity contribution in [3.8, 4) is 39.5 Å². The van der Waals surface area contributed by atoms with Crippen LogP contribution in [0.2, 0.25) is 13.1 Å². The summed E-state index contributed by atoms with van der Waals surface area (Å²) in [6.07, 6.45) is 0. The summed E-state index contributed by atoms with van der Waals surface area (Å²) in [5, 5.41) is 6.56. The highest BCUT2D eigenvalue weighted by Gasteiger charge is 2.39. The molecule has 0 saturated carbocycles. The SMILES string of the molecule is C[Si]1(C)c2ccccc2-c2ccc3nc(-c4ccc5c(c4)c4ccccc4n5-c4ccccc4)nc(-c4ccccc4)c3c21. The van der Waals surface area contributed by atoms with Crippen molar-refractivity contribution < 1.29 is 0 Å². The Bertz CT molecular complexity index is 2410. The van der Waals surface area contributed by atoms with E-state index in [0.717, 1.165) is 33.8 Å². The third-order valence-electron chi connectivity index (χ3n) is 9.37. The van der Waals surface area contributed by atoms with E-state index in [1.54, 1.807) is 0 Å². The first-order chi connectivity index (χ1) is 21.6. The van der Waals surface area contributed by atoms with Gasteiger partial charge in [0.15, 0.2) is 5.82 Å². The number of benzene rings is 6. The molecule has 8 aromatic rings. The molecule has 0 saturated heterocycles. The highest BCUT2D eigenvalue weighted by atomic mass is 28.3. The number of nitrogens with zero attached hydrogens (tertiary/aromatic N) is 3. The maximum Gasteiger partial charge on any atom is 0.160 e. The molecule has 1 aliphatic heterocycles. The summed E-state index contributed by atoms with van der Waals surface area (Å²) in [6.45, 7) is 4.94. The molecule has 3 heterocycles. The normalized spacial score (nSPS) is 13.4. The molecule has 0 aliphatic carbocycles. The molecule has 0 radical (unpaired) electrons. The molecule has 0 unspecified atom stereocenters. The summed E-state index contributed by atoms with van der Waals surface area (Å²) in [7, 11) is -1.99. The fourth-order valence-corrected chi connectivity index (χ4v) is 10.8. The minimum absolute atomic E-state index is 0.754. The molecule has 3 nitrogen and oxygen atoms in total. The number of para-hydroxylation sites is 2. The molecule has 0 amide bonds. The van der Waals surface area contributed by atoms with Gasteiger partial charge in [0, 0.05) is 33.0 Å². The Morgan fingerprint density at radius 3 is 2.09 bits per heavy atom. The second kappa shape index (κ2) is 9.34. The van der Waals surface area contributed by atoms with Crippen molar-refractivity contribution in [3.05, 3.63) is 140 Å². The van der Waals surface area contributed by atoms with Gasteiger partial charge in [-0.2, -0.15) is 0 Å². The van der Waals surface area contributed by atoms with E-state index in [1.165, 1.54) is 48.7 Å². The van der Waals surface area contributed by atoms with Gasteiger partial charge in [-0.1, -0.05) is 110 Å². The van der Waals surface area contributed by atoms with Crippen LogP contribution in [0, 0.1) is 0 Å². The number of aromatic nitrogens is 3. The Morgan fingerprint density at radius 2 is 1.25 bits per heavy atom. The van der Waals surface area contributed by atoms with Crippen molar-refractivity contribution >= 4 is 51.2 Å². The van der Waals surface area contributed by atoms with Gasteiger partial charge in [-0.15, -0.1) is 0 Å². The lowest BCUT2D eigenvalue weighted by atomic mass is 10.00. The van der Waals surface area contributed by atoms with E-state index in [2.05, 4.69) is 157 Å². The van der Waals surface area contributed by atoms with Crippen LogP contribution in [0.5, 0.6) is 0 Å². The smallest absolute Gasteiger partial charge is 0.160 e. The molecule has 208 valence electrons. The highest BCUT2D eigenvalue weighted by Crippen LogP contribution is 2.38. The molecule has 2 aromatic heterocycles. The maximum absolute atomic E-state index is 5.40. The fourth-order valence-electron chi connectivity index (χ4n) is 7.40. The van der Waals surface area contributed by atoms with Gasteiger partial charge in [-0.05, 0) is 64.0 Å². The average molecular weight is 580 g/mol. The Morgan fingerprint density at radius 1 is 0.545 bits per heavy atom. The van der Waals surface area contributed by atoms with E-state index < -0.39 is 8.07 Å².